The van der Waals surface area contributed by atoms with Crippen LogP contribution in [0.1, 0.15) is 79.8 Å². The van der Waals surface area contributed by atoms with Crippen molar-refractivity contribution in [2.75, 3.05) is 37.6 Å². The number of hydrogen-bond donors (Lipinski definition) is 0. The lowest BCUT2D eigenvalue weighted by Crippen LogP contribution is -2.54. The maximum Gasteiger partial charge on any atom is 0.226 e. The van der Waals surface area contributed by atoms with Crippen molar-refractivity contribution in [3.8, 4) is 0 Å². The van der Waals surface area contributed by atoms with E-state index in [1.54, 1.807) is 13.0 Å². The van der Waals surface area contributed by atoms with Crippen LogP contribution >= 0.6 is 0 Å². The minimum Gasteiger partial charge on any atom is -0.366 e. The van der Waals surface area contributed by atoms with Gasteiger partial charge < -0.3 is 14.6 Å². The Morgan fingerprint density at radius 2 is 1.70 bits per heavy atom. The van der Waals surface area contributed by atoms with Crippen molar-refractivity contribution in [1.29, 1.82) is 0 Å². The summed E-state index contributed by atoms with van der Waals surface area (Å²) in [4.78, 5) is 30.8. The minimum absolute atomic E-state index is 0.0494. The van der Waals surface area contributed by atoms with E-state index in [2.05, 4.69) is 51.3 Å². The van der Waals surface area contributed by atoms with Gasteiger partial charge in [-0.2, -0.15) is 0 Å². The zero-order valence-electron chi connectivity index (χ0n) is 21.9. The van der Waals surface area contributed by atoms with Gasteiger partial charge in [0.05, 0.1) is 11.7 Å². The highest BCUT2D eigenvalue weighted by atomic mass is 19.1. The summed E-state index contributed by atoms with van der Waals surface area (Å²) in [6, 6.07) is 4.90. The maximum atomic E-state index is 15.2. The summed E-state index contributed by atoms with van der Waals surface area (Å²) in [7, 11) is 0. The second kappa shape index (κ2) is 11.0. The molecular formula is C27H44FN3O2. The molecule has 33 heavy (non-hydrogen) atoms. The average Bonchev–Trinajstić information content (AvgIpc) is 2.72. The number of rotatable bonds is 8. The molecule has 1 amide bonds. The molecule has 1 saturated heterocycles. The van der Waals surface area contributed by atoms with Gasteiger partial charge in [-0.25, -0.2) is 4.39 Å². The second-order valence-electron chi connectivity index (χ2n) is 11.6. The standard InChI is InChI=1S/C27H44FN3O2/c1-20(12-19-32)25(33)31(14-13-26(3,4)5)21(2)22-10-9-11-23(28)24(22)29-15-17-30(18-16-29)27(6,7)8/h9-11,19-21H,12-18H2,1-8H3. The number of anilines is 1. The highest BCUT2D eigenvalue weighted by Gasteiger charge is 2.32. The Morgan fingerprint density at radius 3 is 2.21 bits per heavy atom. The zero-order chi connectivity index (χ0) is 25.0. The van der Waals surface area contributed by atoms with Crippen molar-refractivity contribution in [2.45, 2.75) is 79.8 Å². The first kappa shape index (κ1) is 27.3. The topological polar surface area (TPSA) is 43.9 Å². The summed E-state index contributed by atoms with van der Waals surface area (Å²) in [6.07, 6.45) is 1.83. The second-order valence-corrected chi connectivity index (χ2v) is 11.6. The van der Waals surface area contributed by atoms with Gasteiger partial charge in [-0.3, -0.25) is 9.69 Å². The van der Waals surface area contributed by atoms with Gasteiger partial charge in [0.25, 0.3) is 0 Å². The monoisotopic (exact) mass is 461 g/mol. The van der Waals surface area contributed by atoms with Crippen LogP contribution in [0, 0.1) is 17.2 Å². The van der Waals surface area contributed by atoms with Gasteiger partial charge in [-0.1, -0.05) is 39.8 Å². The van der Waals surface area contributed by atoms with Crippen LogP contribution in [-0.4, -0.2) is 60.3 Å². The number of carbonyl (C=O) groups excluding carboxylic acids is 2. The largest absolute Gasteiger partial charge is 0.366 e. The smallest absolute Gasteiger partial charge is 0.226 e. The molecule has 0 saturated carbocycles. The Kier molecular flexibility index (Phi) is 9.09. The Bertz CT molecular complexity index is 805. The van der Waals surface area contributed by atoms with Crippen LogP contribution in [0.15, 0.2) is 18.2 Å². The molecule has 1 aromatic carbocycles. The molecule has 1 aromatic rings. The van der Waals surface area contributed by atoms with Crippen LogP contribution < -0.4 is 4.90 Å². The third kappa shape index (κ3) is 7.26. The fraction of sp³-hybridized carbons (Fsp3) is 0.704. The quantitative estimate of drug-likeness (QED) is 0.493. The highest BCUT2D eigenvalue weighted by Crippen LogP contribution is 2.35. The van der Waals surface area contributed by atoms with E-state index in [0.717, 1.165) is 44.4 Å². The van der Waals surface area contributed by atoms with E-state index >= 15 is 4.39 Å². The molecule has 0 spiro atoms. The van der Waals surface area contributed by atoms with Crippen LogP contribution in [0.4, 0.5) is 10.1 Å². The van der Waals surface area contributed by atoms with E-state index < -0.39 is 5.92 Å². The first-order valence-electron chi connectivity index (χ1n) is 12.3. The van der Waals surface area contributed by atoms with Crippen LogP contribution in [-0.2, 0) is 9.59 Å². The Morgan fingerprint density at radius 1 is 1.09 bits per heavy atom. The third-order valence-corrected chi connectivity index (χ3v) is 6.74. The van der Waals surface area contributed by atoms with E-state index in [1.807, 2.05) is 17.9 Å². The Labute approximate surface area is 200 Å². The van der Waals surface area contributed by atoms with Crippen LogP contribution in [0.2, 0.25) is 0 Å². The van der Waals surface area contributed by atoms with E-state index in [0.29, 0.717) is 12.2 Å². The molecule has 1 aliphatic heterocycles. The number of hydrogen-bond acceptors (Lipinski definition) is 4. The number of carbonyl (C=O) groups is 2. The van der Waals surface area contributed by atoms with Crippen molar-refractivity contribution in [3.05, 3.63) is 29.6 Å². The molecule has 0 aliphatic carbocycles. The molecule has 186 valence electrons. The number of amides is 1. The van der Waals surface area contributed by atoms with E-state index in [-0.39, 0.29) is 35.1 Å². The summed E-state index contributed by atoms with van der Waals surface area (Å²) >= 11 is 0. The van der Waals surface area contributed by atoms with Gasteiger partial charge >= 0.3 is 0 Å². The summed E-state index contributed by atoms with van der Waals surface area (Å²) in [5, 5.41) is 0. The van der Waals surface area contributed by atoms with Gasteiger partial charge in [-0.05, 0) is 45.6 Å². The van der Waals surface area contributed by atoms with Crippen molar-refractivity contribution in [2.24, 2.45) is 11.3 Å². The average molecular weight is 462 g/mol. The molecule has 1 aliphatic rings. The molecule has 6 heteroatoms. The molecule has 5 nitrogen and oxygen atoms in total. The van der Waals surface area contributed by atoms with Crippen molar-refractivity contribution < 1.29 is 14.0 Å². The normalized spacial score (nSPS) is 17.5. The Balaban J connectivity index is 2.36. The van der Waals surface area contributed by atoms with Gasteiger partial charge in [0.15, 0.2) is 0 Å². The zero-order valence-corrected chi connectivity index (χ0v) is 21.9. The van der Waals surface area contributed by atoms with Gasteiger partial charge in [0.2, 0.25) is 5.91 Å². The molecule has 2 unspecified atom stereocenters. The number of halogens is 1. The summed E-state index contributed by atoms with van der Waals surface area (Å²) in [5.41, 5.74) is 1.58. The van der Waals surface area contributed by atoms with Gasteiger partial charge in [0, 0.05) is 56.2 Å². The predicted octanol–water partition coefficient (Wildman–Crippen LogP) is 5.30. The molecular weight excluding hydrogens is 417 g/mol. The molecule has 0 bridgehead atoms. The Hall–Kier alpha value is -1.95. The number of para-hydroxylation sites is 1. The molecule has 2 rings (SSSR count). The summed E-state index contributed by atoms with van der Waals surface area (Å²) < 4.78 is 15.2. The summed E-state index contributed by atoms with van der Waals surface area (Å²) in [6.45, 7) is 20.7. The van der Waals surface area contributed by atoms with E-state index in [9.17, 15) is 9.59 Å². The van der Waals surface area contributed by atoms with Crippen LogP contribution in [0.3, 0.4) is 0 Å². The molecule has 1 fully saturated rings. The van der Waals surface area contributed by atoms with Crippen LogP contribution in [0.5, 0.6) is 0 Å². The molecule has 1 heterocycles. The van der Waals surface area contributed by atoms with Crippen molar-refractivity contribution >= 4 is 17.9 Å². The van der Waals surface area contributed by atoms with Gasteiger partial charge in [0.1, 0.15) is 12.1 Å². The molecule has 2 atom stereocenters. The van der Waals surface area contributed by atoms with Crippen molar-refractivity contribution in [3.63, 3.8) is 0 Å². The molecule has 0 radical (unpaired) electrons. The number of aldehydes is 1. The number of nitrogens with zero attached hydrogens (tertiary/aromatic N) is 3. The first-order chi connectivity index (χ1) is 15.3. The maximum absolute atomic E-state index is 15.2. The molecule has 0 N–H and O–H groups in total. The fourth-order valence-corrected chi connectivity index (χ4v) is 4.45. The minimum atomic E-state index is -0.391. The first-order valence-corrected chi connectivity index (χ1v) is 12.3. The lowest BCUT2D eigenvalue weighted by atomic mass is 9.91. The molecule has 0 aromatic heterocycles. The van der Waals surface area contributed by atoms with Crippen LogP contribution in [0.25, 0.3) is 0 Å². The van der Waals surface area contributed by atoms with Gasteiger partial charge in [-0.15, -0.1) is 0 Å². The predicted molar refractivity (Wildman–Crippen MR) is 134 cm³/mol. The lowest BCUT2D eigenvalue weighted by molar-refractivity contribution is -0.138. The SMILES string of the molecule is CC(CC=O)C(=O)N(CCC(C)(C)C)C(C)c1cccc(F)c1N1CCN(C(C)(C)C)CC1. The summed E-state index contributed by atoms with van der Waals surface area (Å²) in [5.74, 6) is -0.684. The third-order valence-electron chi connectivity index (χ3n) is 6.74. The lowest BCUT2D eigenvalue weighted by Gasteiger charge is -2.44. The van der Waals surface area contributed by atoms with E-state index in [4.69, 9.17) is 0 Å². The fourth-order valence-electron chi connectivity index (χ4n) is 4.45. The number of benzene rings is 1. The number of piperazine rings is 1. The van der Waals surface area contributed by atoms with Crippen molar-refractivity contribution in [1.82, 2.24) is 9.80 Å². The highest BCUT2D eigenvalue weighted by molar-refractivity contribution is 5.81. The van der Waals surface area contributed by atoms with E-state index in [1.165, 1.54) is 6.07 Å².